The second kappa shape index (κ2) is 8.84. The minimum absolute atomic E-state index is 0.585. The Morgan fingerprint density at radius 2 is 1.44 bits per heavy atom. The molecule has 0 heterocycles. The number of aryl methyl sites for hydroxylation is 2. The second-order valence-corrected chi connectivity index (χ2v) is 6.99. The maximum Gasteiger partial charge on any atom is 0.228 e. The average Bonchev–Trinajstić information content (AvgIpc) is 2.68. The number of hydrogen-bond acceptors (Lipinski definition) is 1. The van der Waals surface area contributed by atoms with Crippen LogP contribution in [0.4, 0.5) is 4.39 Å². The molecule has 0 atom stereocenters. The molecule has 0 amide bonds. The van der Waals surface area contributed by atoms with Gasteiger partial charge in [0.2, 0.25) is 6.86 Å². The highest BCUT2D eigenvalue weighted by Gasteiger charge is 2.20. The fourth-order valence-electron chi connectivity index (χ4n) is 3.75. The van der Waals surface area contributed by atoms with E-state index in [2.05, 4.69) is 36.9 Å². The summed E-state index contributed by atoms with van der Waals surface area (Å²) in [6, 6.07) is 16.9. The SMILES string of the molecule is C=CC1CCC(c2ccc(CCc3ccc(OCF)cc3)cc2)CC1. The normalized spacial score (nSPS) is 20.2. The molecule has 1 aliphatic rings. The zero-order valence-corrected chi connectivity index (χ0v) is 14.8. The first-order chi connectivity index (χ1) is 12.3. The largest absolute Gasteiger partial charge is 0.463 e. The van der Waals surface area contributed by atoms with Crippen LogP contribution in [0.3, 0.4) is 0 Å². The van der Waals surface area contributed by atoms with Gasteiger partial charge in [0.1, 0.15) is 5.75 Å². The minimum atomic E-state index is -0.777. The van der Waals surface area contributed by atoms with Gasteiger partial charge in [-0.15, -0.1) is 6.58 Å². The Kier molecular flexibility index (Phi) is 6.27. The van der Waals surface area contributed by atoms with E-state index in [1.165, 1.54) is 42.4 Å². The van der Waals surface area contributed by atoms with Crippen molar-refractivity contribution in [3.8, 4) is 5.75 Å². The number of halogens is 1. The first-order valence-corrected chi connectivity index (χ1v) is 9.27. The van der Waals surface area contributed by atoms with Gasteiger partial charge in [-0.05, 0) is 79.2 Å². The molecule has 0 N–H and O–H groups in total. The van der Waals surface area contributed by atoms with Gasteiger partial charge in [0.25, 0.3) is 0 Å². The van der Waals surface area contributed by atoms with Crippen LogP contribution in [0.15, 0.2) is 61.2 Å². The maximum atomic E-state index is 12.1. The molecule has 132 valence electrons. The summed E-state index contributed by atoms with van der Waals surface area (Å²) in [4.78, 5) is 0. The van der Waals surface area contributed by atoms with E-state index in [0.29, 0.717) is 11.7 Å². The molecule has 1 aliphatic carbocycles. The van der Waals surface area contributed by atoms with E-state index in [-0.39, 0.29) is 0 Å². The number of benzene rings is 2. The molecular formula is C23H27FO. The number of hydrogen-bond donors (Lipinski definition) is 0. The third kappa shape index (κ3) is 4.94. The van der Waals surface area contributed by atoms with Gasteiger partial charge in [0.05, 0.1) is 0 Å². The third-order valence-corrected chi connectivity index (χ3v) is 5.40. The van der Waals surface area contributed by atoms with Crippen LogP contribution in [-0.2, 0) is 12.8 Å². The summed E-state index contributed by atoms with van der Waals surface area (Å²) in [6.45, 7) is 3.15. The summed E-state index contributed by atoms with van der Waals surface area (Å²) in [5.41, 5.74) is 4.10. The van der Waals surface area contributed by atoms with Crippen molar-refractivity contribution in [3.63, 3.8) is 0 Å². The summed E-state index contributed by atoms with van der Waals surface area (Å²) < 4.78 is 17.0. The maximum absolute atomic E-state index is 12.1. The van der Waals surface area contributed by atoms with Crippen LogP contribution < -0.4 is 4.74 Å². The Balaban J connectivity index is 1.51. The topological polar surface area (TPSA) is 9.23 Å². The molecule has 0 aliphatic heterocycles. The first kappa shape index (κ1) is 17.7. The number of alkyl halides is 1. The molecular weight excluding hydrogens is 311 g/mol. The lowest BCUT2D eigenvalue weighted by atomic mass is 9.78. The Bertz CT molecular complexity index is 651. The Morgan fingerprint density at radius 3 is 1.96 bits per heavy atom. The van der Waals surface area contributed by atoms with Gasteiger partial charge in [-0.25, -0.2) is 4.39 Å². The molecule has 1 fully saturated rings. The third-order valence-electron chi connectivity index (χ3n) is 5.40. The summed E-state index contributed by atoms with van der Waals surface area (Å²) in [5.74, 6) is 2.02. The lowest BCUT2D eigenvalue weighted by molar-refractivity contribution is 0.191. The lowest BCUT2D eigenvalue weighted by Gasteiger charge is -2.27. The second-order valence-electron chi connectivity index (χ2n) is 6.99. The van der Waals surface area contributed by atoms with Crippen LogP contribution in [-0.4, -0.2) is 6.86 Å². The van der Waals surface area contributed by atoms with Gasteiger partial charge in [-0.3, -0.25) is 0 Å². The summed E-state index contributed by atoms with van der Waals surface area (Å²) in [7, 11) is 0. The zero-order valence-electron chi connectivity index (χ0n) is 14.8. The Labute approximate surface area is 150 Å². The smallest absolute Gasteiger partial charge is 0.228 e. The summed E-state index contributed by atoms with van der Waals surface area (Å²) in [6.07, 6.45) is 9.24. The van der Waals surface area contributed by atoms with Crippen molar-refractivity contribution in [2.24, 2.45) is 5.92 Å². The predicted molar refractivity (Wildman–Crippen MR) is 102 cm³/mol. The molecule has 0 radical (unpaired) electrons. The molecule has 2 heteroatoms. The molecule has 2 aromatic rings. The molecule has 1 nitrogen and oxygen atoms in total. The molecule has 2 aromatic carbocycles. The molecule has 0 unspecified atom stereocenters. The Hall–Kier alpha value is -2.09. The molecule has 1 saturated carbocycles. The van der Waals surface area contributed by atoms with E-state index >= 15 is 0 Å². The highest BCUT2D eigenvalue weighted by molar-refractivity contribution is 5.29. The van der Waals surface area contributed by atoms with Crippen LogP contribution in [0.1, 0.15) is 48.3 Å². The molecule has 0 aromatic heterocycles. The van der Waals surface area contributed by atoms with E-state index < -0.39 is 6.86 Å². The zero-order chi connectivity index (χ0) is 17.5. The van der Waals surface area contributed by atoms with Crippen LogP contribution in [0.25, 0.3) is 0 Å². The standard InChI is InChI=1S/C23H27FO/c1-2-18-5-11-21(12-6-18)22-13-7-19(8-14-22)3-4-20-9-15-23(16-10-20)25-17-24/h2,7-10,13-16,18,21H,1,3-6,11-12,17H2. The van der Waals surface area contributed by atoms with E-state index in [4.69, 9.17) is 4.74 Å². The molecule has 0 bridgehead atoms. The summed E-state index contributed by atoms with van der Waals surface area (Å²) >= 11 is 0. The highest BCUT2D eigenvalue weighted by atomic mass is 19.1. The van der Waals surface area contributed by atoms with E-state index in [1.54, 1.807) is 0 Å². The van der Waals surface area contributed by atoms with Crippen molar-refractivity contribution in [1.29, 1.82) is 0 Å². The van der Waals surface area contributed by atoms with Crippen molar-refractivity contribution in [2.75, 3.05) is 6.86 Å². The number of rotatable bonds is 7. The molecule has 0 spiro atoms. The van der Waals surface area contributed by atoms with E-state index in [0.717, 1.165) is 18.8 Å². The van der Waals surface area contributed by atoms with Crippen molar-refractivity contribution >= 4 is 0 Å². The monoisotopic (exact) mass is 338 g/mol. The average molecular weight is 338 g/mol. The number of allylic oxidation sites excluding steroid dienone is 1. The van der Waals surface area contributed by atoms with Gasteiger partial charge >= 0.3 is 0 Å². The fraction of sp³-hybridized carbons (Fsp3) is 0.391. The van der Waals surface area contributed by atoms with Crippen molar-refractivity contribution in [1.82, 2.24) is 0 Å². The fourth-order valence-corrected chi connectivity index (χ4v) is 3.75. The van der Waals surface area contributed by atoms with Gasteiger partial charge in [-0.2, -0.15) is 0 Å². The lowest BCUT2D eigenvalue weighted by Crippen LogP contribution is -2.11. The van der Waals surface area contributed by atoms with Crippen LogP contribution in [0.5, 0.6) is 5.75 Å². The Morgan fingerprint density at radius 1 is 0.880 bits per heavy atom. The van der Waals surface area contributed by atoms with Crippen LogP contribution >= 0.6 is 0 Å². The highest BCUT2D eigenvalue weighted by Crippen LogP contribution is 2.36. The molecule has 3 rings (SSSR count). The number of ether oxygens (including phenoxy) is 1. The predicted octanol–water partition coefficient (Wildman–Crippen LogP) is 6.24. The van der Waals surface area contributed by atoms with Crippen LogP contribution in [0.2, 0.25) is 0 Å². The molecule has 25 heavy (non-hydrogen) atoms. The summed E-state index contributed by atoms with van der Waals surface area (Å²) in [5, 5.41) is 0. The van der Waals surface area contributed by atoms with Crippen molar-refractivity contribution in [3.05, 3.63) is 77.9 Å². The van der Waals surface area contributed by atoms with Gasteiger partial charge in [-0.1, -0.05) is 42.5 Å². The van der Waals surface area contributed by atoms with E-state index in [1.807, 2.05) is 24.3 Å². The van der Waals surface area contributed by atoms with E-state index in [9.17, 15) is 4.39 Å². The first-order valence-electron chi connectivity index (χ1n) is 9.27. The van der Waals surface area contributed by atoms with Gasteiger partial charge in [0, 0.05) is 0 Å². The quantitative estimate of drug-likeness (QED) is 0.543. The van der Waals surface area contributed by atoms with Crippen LogP contribution in [0, 0.1) is 5.92 Å². The minimum Gasteiger partial charge on any atom is -0.463 e. The van der Waals surface area contributed by atoms with Crippen molar-refractivity contribution in [2.45, 2.75) is 44.4 Å². The van der Waals surface area contributed by atoms with Gasteiger partial charge < -0.3 is 4.74 Å². The van der Waals surface area contributed by atoms with Crippen molar-refractivity contribution < 1.29 is 9.13 Å². The molecule has 0 saturated heterocycles. The van der Waals surface area contributed by atoms with Gasteiger partial charge in [0.15, 0.2) is 0 Å².